The van der Waals surface area contributed by atoms with E-state index >= 15 is 0 Å². The predicted octanol–water partition coefficient (Wildman–Crippen LogP) is 3.86. The lowest BCUT2D eigenvalue weighted by Crippen LogP contribution is -2.61. The van der Waals surface area contributed by atoms with Crippen LogP contribution in [0, 0.1) is 11.7 Å². The molecule has 2 aliphatic heterocycles. The largest absolute Gasteiger partial charge is 0.416 e. The Morgan fingerprint density at radius 1 is 1.15 bits per heavy atom. The summed E-state index contributed by atoms with van der Waals surface area (Å²) < 4.78 is 58.3. The van der Waals surface area contributed by atoms with Crippen LogP contribution in [-0.2, 0) is 28.7 Å². The maximum absolute atomic E-state index is 13.3. The van der Waals surface area contributed by atoms with Crippen LogP contribution in [0.25, 0.3) is 0 Å². The van der Waals surface area contributed by atoms with Crippen LogP contribution >= 0.6 is 0 Å². The van der Waals surface area contributed by atoms with Crippen molar-refractivity contribution < 1.29 is 27.1 Å². The number of anilines is 1. The maximum atomic E-state index is 13.3. The number of piperazine rings is 1. The molecule has 34 heavy (non-hydrogen) atoms. The van der Waals surface area contributed by atoms with E-state index in [4.69, 9.17) is 4.74 Å². The number of carbonyl (C=O) groups is 1. The zero-order valence-corrected chi connectivity index (χ0v) is 19.1. The highest BCUT2D eigenvalue weighted by atomic mass is 19.4. The molecule has 1 N–H and O–H groups in total. The van der Waals surface area contributed by atoms with E-state index in [0.29, 0.717) is 51.3 Å². The summed E-state index contributed by atoms with van der Waals surface area (Å²) in [6, 6.07) is 10.0. The zero-order chi connectivity index (χ0) is 24.3. The summed E-state index contributed by atoms with van der Waals surface area (Å²) in [6.45, 7) is 3.46. The Bertz CT molecular complexity index is 997. The second kappa shape index (κ2) is 10.3. The van der Waals surface area contributed by atoms with E-state index in [1.165, 1.54) is 24.3 Å². The summed E-state index contributed by atoms with van der Waals surface area (Å²) in [5.74, 6) is -0.923. The van der Waals surface area contributed by atoms with E-state index in [9.17, 15) is 22.4 Å². The maximum Gasteiger partial charge on any atom is 0.416 e. The van der Waals surface area contributed by atoms with Gasteiger partial charge in [0.05, 0.1) is 17.5 Å². The summed E-state index contributed by atoms with van der Waals surface area (Å²) in [5, 5.41) is 2.94. The van der Waals surface area contributed by atoms with Crippen LogP contribution in [0.5, 0.6) is 0 Å². The first kappa shape index (κ1) is 24.5. The molecule has 4 rings (SSSR count). The van der Waals surface area contributed by atoms with Gasteiger partial charge in [0.15, 0.2) is 0 Å². The van der Waals surface area contributed by atoms with E-state index in [0.717, 1.165) is 17.3 Å². The summed E-state index contributed by atoms with van der Waals surface area (Å²) in [5.41, 5.74) is 1.60. The van der Waals surface area contributed by atoms with Gasteiger partial charge in [0.1, 0.15) is 5.82 Å². The fourth-order valence-electron chi connectivity index (χ4n) is 4.91. The van der Waals surface area contributed by atoms with Crippen molar-refractivity contribution in [3.63, 3.8) is 0 Å². The number of halogens is 4. The standard InChI is InChI=1S/C25H29F4N3O2/c1-34-12-2-9-30-24(33)21-14-18-13-19(25(27,28)29)5-8-22(18)32-11-10-31(16-23(21)32)15-17-3-6-20(26)7-4-17/h3-8,13,21,23H,2,9-12,14-16H2,1H3,(H,30,33)/t21-,23+/m1/s1. The van der Waals surface area contributed by atoms with Gasteiger partial charge in [-0.1, -0.05) is 12.1 Å². The first-order chi connectivity index (χ1) is 16.3. The number of hydrogen-bond donors (Lipinski definition) is 1. The van der Waals surface area contributed by atoms with Crippen molar-refractivity contribution in [1.82, 2.24) is 10.2 Å². The monoisotopic (exact) mass is 479 g/mol. The van der Waals surface area contributed by atoms with Crippen LogP contribution < -0.4 is 10.2 Å². The van der Waals surface area contributed by atoms with Crippen molar-refractivity contribution >= 4 is 11.6 Å². The molecule has 2 atom stereocenters. The fraction of sp³-hybridized carbons (Fsp3) is 0.480. The van der Waals surface area contributed by atoms with Crippen molar-refractivity contribution in [3.8, 4) is 0 Å². The Hall–Kier alpha value is -2.65. The lowest BCUT2D eigenvalue weighted by Gasteiger charge is -2.49. The number of amides is 1. The number of rotatable bonds is 7. The summed E-state index contributed by atoms with van der Waals surface area (Å²) in [6.07, 6.45) is -3.52. The number of fused-ring (bicyclic) bond motifs is 3. The molecule has 9 heteroatoms. The van der Waals surface area contributed by atoms with Gasteiger partial charge in [0, 0.05) is 52.1 Å². The molecule has 2 aromatic carbocycles. The topological polar surface area (TPSA) is 44.8 Å². The van der Waals surface area contributed by atoms with Gasteiger partial charge >= 0.3 is 6.18 Å². The molecule has 0 radical (unpaired) electrons. The lowest BCUT2D eigenvalue weighted by molar-refractivity contribution is -0.137. The van der Waals surface area contributed by atoms with Crippen LogP contribution in [0.3, 0.4) is 0 Å². The van der Waals surface area contributed by atoms with E-state index < -0.39 is 17.7 Å². The molecule has 0 aliphatic carbocycles. The summed E-state index contributed by atoms with van der Waals surface area (Å²) in [4.78, 5) is 17.4. The highest BCUT2D eigenvalue weighted by Gasteiger charge is 2.42. The van der Waals surface area contributed by atoms with Crippen molar-refractivity contribution in [3.05, 3.63) is 65.0 Å². The molecule has 2 heterocycles. The smallest absolute Gasteiger partial charge is 0.385 e. The Morgan fingerprint density at radius 2 is 1.91 bits per heavy atom. The van der Waals surface area contributed by atoms with E-state index in [2.05, 4.69) is 15.1 Å². The van der Waals surface area contributed by atoms with Gasteiger partial charge in [-0.2, -0.15) is 13.2 Å². The Morgan fingerprint density at radius 3 is 2.62 bits per heavy atom. The van der Waals surface area contributed by atoms with Crippen molar-refractivity contribution in [1.29, 1.82) is 0 Å². The average molecular weight is 480 g/mol. The molecule has 184 valence electrons. The minimum atomic E-state index is -4.43. The Balaban J connectivity index is 1.56. The number of carbonyl (C=O) groups excluding carboxylic acids is 1. The molecule has 5 nitrogen and oxygen atoms in total. The molecular formula is C25H29F4N3O2. The van der Waals surface area contributed by atoms with Gasteiger partial charge in [-0.25, -0.2) is 4.39 Å². The molecule has 0 saturated carbocycles. The molecule has 2 aromatic rings. The first-order valence-corrected chi connectivity index (χ1v) is 11.5. The molecule has 0 unspecified atom stereocenters. The second-order valence-corrected chi connectivity index (χ2v) is 8.91. The first-order valence-electron chi connectivity index (χ1n) is 11.5. The average Bonchev–Trinajstić information content (AvgIpc) is 2.81. The number of hydrogen-bond acceptors (Lipinski definition) is 4. The van der Waals surface area contributed by atoms with Crippen molar-refractivity contribution in [2.45, 2.75) is 31.6 Å². The second-order valence-electron chi connectivity index (χ2n) is 8.91. The van der Waals surface area contributed by atoms with E-state index in [-0.39, 0.29) is 24.2 Å². The van der Waals surface area contributed by atoms with Crippen LogP contribution in [0.4, 0.5) is 23.2 Å². The molecule has 0 bridgehead atoms. The molecule has 1 fully saturated rings. The highest BCUT2D eigenvalue weighted by molar-refractivity contribution is 5.82. The minimum absolute atomic E-state index is 0.155. The number of ether oxygens (including phenoxy) is 1. The van der Waals surface area contributed by atoms with Crippen molar-refractivity contribution in [2.75, 3.05) is 44.8 Å². The van der Waals surface area contributed by atoms with Gasteiger partial charge in [-0.05, 0) is 54.3 Å². The molecule has 1 saturated heterocycles. The number of alkyl halides is 3. The molecular weight excluding hydrogens is 450 g/mol. The third-order valence-electron chi connectivity index (χ3n) is 6.60. The predicted molar refractivity (Wildman–Crippen MR) is 121 cm³/mol. The SMILES string of the molecule is COCCCNC(=O)[C@@H]1Cc2cc(C(F)(F)F)ccc2N2CCN(Cc3ccc(F)cc3)C[C@@H]12. The quantitative estimate of drug-likeness (QED) is 0.484. The summed E-state index contributed by atoms with van der Waals surface area (Å²) in [7, 11) is 1.59. The van der Waals surface area contributed by atoms with Gasteiger partial charge in [-0.3, -0.25) is 9.69 Å². The number of benzene rings is 2. The van der Waals surface area contributed by atoms with Crippen LogP contribution in [0.1, 0.15) is 23.1 Å². The van der Waals surface area contributed by atoms with Crippen molar-refractivity contribution in [2.24, 2.45) is 5.92 Å². The van der Waals surface area contributed by atoms with Crippen LogP contribution in [0.15, 0.2) is 42.5 Å². The number of nitrogens with one attached hydrogen (secondary N) is 1. The number of methoxy groups -OCH3 is 1. The van der Waals surface area contributed by atoms with Gasteiger partial charge < -0.3 is 15.0 Å². The molecule has 1 amide bonds. The fourth-order valence-corrected chi connectivity index (χ4v) is 4.91. The van der Waals surface area contributed by atoms with E-state index in [1.54, 1.807) is 19.2 Å². The van der Waals surface area contributed by atoms with Gasteiger partial charge in [-0.15, -0.1) is 0 Å². The van der Waals surface area contributed by atoms with Crippen LogP contribution in [-0.4, -0.2) is 56.7 Å². The Labute approximate surface area is 196 Å². The molecule has 0 aromatic heterocycles. The third kappa shape index (κ3) is 5.52. The summed E-state index contributed by atoms with van der Waals surface area (Å²) >= 11 is 0. The van der Waals surface area contributed by atoms with Crippen LogP contribution in [0.2, 0.25) is 0 Å². The highest BCUT2D eigenvalue weighted by Crippen LogP contribution is 2.39. The lowest BCUT2D eigenvalue weighted by atomic mass is 9.82. The van der Waals surface area contributed by atoms with Gasteiger partial charge in [0.2, 0.25) is 5.91 Å². The van der Waals surface area contributed by atoms with E-state index in [1.807, 2.05) is 0 Å². The molecule has 2 aliphatic rings. The zero-order valence-electron chi connectivity index (χ0n) is 19.1. The normalized spacial score (nSPS) is 20.6. The molecule has 0 spiro atoms. The van der Waals surface area contributed by atoms with Gasteiger partial charge in [0.25, 0.3) is 0 Å². The number of nitrogens with zero attached hydrogens (tertiary/aromatic N) is 2. The Kier molecular flexibility index (Phi) is 7.42. The minimum Gasteiger partial charge on any atom is -0.385 e. The third-order valence-corrected chi connectivity index (χ3v) is 6.60.